The maximum absolute atomic E-state index is 13.4. The van der Waals surface area contributed by atoms with E-state index < -0.39 is 23.2 Å². The average Bonchev–Trinajstić information content (AvgIpc) is 2.43. The van der Waals surface area contributed by atoms with Crippen LogP contribution in [0.5, 0.6) is 0 Å². The van der Waals surface area contributed by atoms with Crippen LogP contribution in [0, 0.1) is 11.6 Å². The lowest BCUT2D eigenvalue weighted by Crippen LogP contribution is -2.14. The van der Waals surface area contributed by atoms with Crippen molar-refractivity contribution >= 4 is 11.6 Å². The van der Waals surface area contributed by atoms with Crippen LogP contribution in [-0.2, 0) is 6.54 Å². The van der Waals surface area contributed by atoms with E-state index in [4.69, 9.17) is 5.73 Å². The van der Waals surface area contributed by atoms with Crippen molar-refractivity contribution in [1.29, 1.82) is 0 Å². The van der Waals surface area contributed by atoms with Gasteiger partial charge in [0.25, 0.3) is 5.91 Å². The summed E-state index contributed by atoms with van der Waals surface area (Å²) in [6.07, 6.45) is 0. The van der Waals surface area contributed by atoms with Gasteiger partial charge in [-0.15, -0.1) is 0 Å². The first-order chi connectivity index (χ1) is 9.11. The van der Waals surface area contributed by atoms with Crippen molar-refractivity contribution in [3.8, 4) is 0 Å². The van der Waals surface area contributed by atoms with Crippen molar-refractivity contribution in [2.45, 2.75) is 6.54 Å². The maximum Gasteiger partial charge on any atom is 0.255 e. The van der Waals surface area contributed by atoms with Gasteiger partial charge >= 0.3 is 0 Å². The molecule has 0 fully saturated rings. The summed E-state index contributed by atoms with van der Waals surface area (Å²) in [4.78, 5) is 11.9. The topological polar surface area (TPSA) is 55.1 Å². The Morgan fingerprint density at radius 2 is 1.74 bits per heavy atom. The number of anilines is 1. The van der Waals surface area contributed by atoms with Crippen molar-refractivity contribution in [2.24, 2.45) is 5.73 Å². The molecule has 0 saturated heterocycles. The van der Waals surface area contributed by atoms with E-state index in [1.807, 2.05) is 0 Å². The third-order valence-electron chi connectivity index (χ3n) is 2.63. The molecule has 0 radical (unpaired) electrons. The summed E-state index contributed by atoms with van der Waals surface area (Å²) in [6, 6.07) is 9.94. The smallest absolute Gasteiger partial charge is 0.255 e. The minimum Gasteiger partial charge on any atom is -0.326 e. The first-order valence-corrected chi connectivity index (χ1v) is 5.66. The summed E-state index contributed by atoms with van der Waals surface area (Å²) in [5.41, 5.74) is 6.08. The fourth-order valence-corrected chi connectivity index (χ4v) is 1.64. The second kappa shape index (κ2) is 5.58. The molecule has 0 spiro atoms. The standard InChI is InChI=1S/C14H12F2N2O/c15-11-5-2-6-12(16)13(11)18-14(19)10-4-1-3-9(7-10)8-17/h1-7H,8,17H2,(H,18,19). The number of nitrogens with one attached hydrogen (secondary N) is 1. The zero-order chi connectivity index (χ0) is 13.8. The Morgan fingerprint density at radius 1 is 1.11 bits per heavy atom. The number of nitrogens with two attached hydrogens (primary N) is 1. The number of amides is 1. The largest absolute Gasteiger partial charge is 0.326 e. The number of rotatable bonds is 3. The van der Waals surface area contributed by atoms with Crippen molar-refractivity contribution in [3.05, 3.63) is 65.2 Å². The van der Waals surface area contributed by atoms with Gasteiger partial charge in [-0.3, -0.25) is 4.79 Å². The van der Waals surface area contributed by atoms with Gasteiger partial charge in [0.2, 0.25) is 0 Å². The molecular formula is C14H12F2N2O. The Hall–Kier alpha value is -2.27. The van der Waals surface area contributed by atoms with Gasteiger partial charge in [0, 0.05) is 12.1 Å². The van der Waals surface area contributed by atoms with Gasteiger partial charge in [0.15, 0.2) is 0 Å². The molecule has 0 saturated carbocycles. The Kier molecular flexibility index (Phi) is 3.87. The van der Waals surface area contributed by atoms with Crippen LogP contribution in [0.15, 0.2) is 42.5 Å². The van der Waals surface area contributed by atoms with Crippen LogP contribution < -0.4 is 11.1 Å². The second-order valence-corrected chi connectivity index (χ2v) is 3.96. The van der Waals surface area contributed by atoms with Crippen LogP contribution >= 0.6 is 0 Å². The summed E-state index contributed by atoms with van der Waals surface area (Å²) in [6.45, 7) is 0.287. The van der Waals surface area contributed by atoms with Gasteiger partial charge in [0.1, 0.15) is 17.3 Å². The van der Waals surface area contributed by atoms with Crippen molar-refractivity contribution in [3.63, 3.8) is 0 Å². The molecule has 2 rings (SSSR count). The highest BCUT2D eigenvalue weighted by Crippen LogP contribution is 2.19. The number of carbonyl (C=O) groups is 1. The summed E-state index contributed by atoms with van der Waals surface area (Å²) in [7, 11) is 0. The van der Waals surface area contributed by atoms with E-state index in [0.29, 0.717) is 5.56 Å². The molecule has 19 heavy (non-hydrogen) atoms. The number of hydrogen-bond donors (Lipinski definition) is 2. The van der Waals surface area contributed by atoms with E-state index in [1.165, 1.54) is 6.07 Å². The van der Waals surface area contributed by atoms with Crippen LogP contribution in [-0.4, -0.2) is 5.91 Å². The monoisotopic (exact) mass is 262 g/mol. The molecule has 0 unspecified atom stereocenters. The first-order valence-electron chi connectivity index (χ1n) is 5.66. The lowest BCUT2D eigenvalue weighted by atomic mass is 10.1. The molecule has 98 valence electrons. The predicted octanol–water partition coefficient (Wildman–Crippen LogP) is 2.68. The zero-order valence-electron chi connectivity index (χ0n) is 9.99. The highest BCUT2D eigenvalue weighted by atomic mass is 19.1. The van der Waals surface area contributed by atoms with Crippen LogP contribution in [0.3, 0.4) is 0 Å². The highest BCUT2D eigenvalue weighted by Gasteiger charge is 2.13. The molecular weight excluding hydrogens is 250 g/mol. The molecule has 0 aliphatic heterocycles. The third-order valence-corrected chi connectivity index (χ3v) is 2.63. The van der Waals surface area contributed by atoms with Crippen molar-refractivity contribution in [2.75, 3.05) is 5.32 Å². The van der Waals surface area contributed by atoms with Crippen LogP contribution in [0.1, 0.15) is 15.9 Å². The van der Waals surface area contributed by atoms with Gasteiger partial charge < -0.3 is 11.1 Å². The average molecular weight is 262 g/mol. The molecule has 0 bridgehead atoms. The number of hydrogen-bond acceptors (Lipinski definition) is 2. The summed E-state index contributed by atoms with van der Waals surface area (Å²) < 4.78 is 26.8. The van der Waals surface area contributed by atoms with E-state index in [0.717, 1.165) is 17.7 Å². The minimum atomic E-state index is -0.816. The third kappa shape index (κ3) is 2.95. The van der Waals surface area contributed by atoms with E-state index in [1.54, 1.807) is 24.3 Å². The van der Waals surface area contributed by atoms with E-state index >= 15 is 0 Å². The Morgan fingerprint density at radius 3 is 2.37 bits per heavy atom. The van der Waals surface area contributed by atoms with Gasteiger partial charge in [-0.25, -0.2) is 8.78 Å². The lowest BCUT2D eigenvalue weighted by Gasteiger charge is -2.08. The second-order valence-electron chi connectivity index (χ2n) is 3.96. The summed E-state index contributed by atoms with van der Waals surface area (Å²) in [5, 5.41) is 2.22. The number of carbonyl (C=O) groups excluding carboxylic acids is 1. The number of halogens is 2. The molecule has 0 atom stereocenters. The van der Waals surface area contributed by atoms with Gasteiger partial charge in [-0.05, 0) is 29.8 Å². The van der Waals surface area contributed by atoms with Crippen LogP contribution in [0.4, 0.5) is 14.5 Å². The SMILES string of the molecule is NCc1cccc(C(=O)Nc2c(F)cccc2F)c1. The van der Waals surface area contributed by atoms with Gasteiger partial charge in [-0.2, -0.15) is 0 Å². The predicted molar refractivity (Wildman–Crippen MR) is 68.6 cm³/mol. The molecule has 2 aromatic carbocycles. The van der Waals surface area contributed by atoms with Gasteiger partial charge in [0.05, 0.1) is 0 Å². The molecule has 1 amide bonds. The molecule has 0 aliphatic carbocycles. The van der Waals surface area contributed by atoms with Crippen molar-refractivity contribution < 1.29 is 13.6 Å². The van der Waals surface area contributed by atoms with Crippen LogP contribution in [0.25, 0.3) is 0 Å². The maximum atomic E-state index is 13.4. The molecule has 3 nitrogen and oxygen atoms in total. The molecule has 2 aromatic rings. The normalized spacial score (nSPS) is 10.3. The molecule has 0 aliphatic rings. The fourth-order valence-electron chi connectivity index (χ4n) is 1.64. The van der Waals surface area contributed by atoms with Crippen LogP contribution in [0.2, 0.25) is 0 Å². The van der Waals surface area contributed by atoms with E-state index in [-0.39, 0.29) is 6.54 Å². The van der Waals surface area contributed by atoms with Gasteiger partial charge in [-0.1, -0.05) is 18.2 Å². The molecule has 0 aromatic heterocycles. The van der Waals surface area contributed by atoms with E-state index in [9.17, 15) is 13.6 Å². The highest BCUT2D eigenvalue weighted by molar-refractivity contribution is 6.04. The lowest BCUT2D eigenvalue weighted by molar-refractivity contribution is 0.102. The number of para-hydroxylation sites is 1. The zero-order valence-corrected chi connectivity index (χ0v) is 9.99. The fraction of sp³-hybridized carbons (Fsp3) is 0.0714. The first kappa shape index (κ1) is 13.2. The molecule has 3 N–H and O–H groups in total. The van der Waals surface area contributed by atoms with E-state index in [2.05, 4.69) is 5.32 Å². The Bertz CT molecular complexity index is 594. The molecule has 5 heteroatoms. The van der Waals surface area contributed by atoms with Crippen molar-refractivity contribution in [1.82, 2.24) is 0 Å². The quantitative estimate of drug-likeness (QED) is 0.893. The minimum absolute atomic E-state index is 0.287. The molecule has 0 heterocycles. The summed E-state index contributed by atoms with van der Waals surface area (Å²) >= 11 is 0. The Balaban J connectivity index is 2.25. The number of benzene rings is 2. The Labute approximate surface area is 109 Å². The summed E-state index contributed by atoms with van der Waals surface area (Å²) in [5.74, 6) is -2.22.